The number of carbonyl (C=O) groups excluding carboxylic acids is 1. The third-order valence-electron chi connectivity index (χ3n) is 4.12. The summed E-state index contributed by atoms with van der Waals surface area (Å²) in [6.45, 7) is 6.21. The maximum absolute atomic E-state index is 11.7. The summed E-state index contributed by atoms with van der Waals surface area (Å²) in [4.78, 5) is 11.7. The van der Waals surface area contributed by atoms with Crippen LogP contribution in [-0.4, -0.2) is 12.9 Å². The minimum Gasteiger partial charge on any atom is -0.496 e. The van der Waals surface area contributed by atoms with Crippen LogP contribution in [0.1, 0.15) is 42.4 Å². The molecule has 0 heterocycles. The summed E-state index contributed by atoms with van der Waals surface area (Å²) in [6.07, 6.45) is 1.67. The summed E-state index contributed by atoms with van der Waals surface area (Å²) in [5.74, 6) is 1.81. The van der Waals surface area contributed by atoms with Crippen molar-refractivity contribution < 1.29 is 9.53 Å². The van der Waals surface area contributed by atoms with Crippen molar-refractivity contribution in [3.8, 4) is 5.75 Å². The first-order valence-corrected chi connectivity index (χ1v) is 6.23. The summed E-state index contributed by atoms with van der Waals surface area (Å²) in [7, 11) is 1.71. The number of methoxy groups -OCH3 is 1. The van der Waals surface area contributed by atoms with Gasteiger partial charge in [-0.3, -0.25) is 4.79 Å². The van der Waals surface area contributed by atoms with E-state index in [0.717, 1.165) is 12.2 Å². The number of ketones is 1. The normalized spacial score (nSPS) is 24.1. The van der Waals surface area contributed by atoms with Crippen LogP contribution in [0.15, 0.2) is 12.1 Å². The number of hydrogen-bond acceptors (Lipinski definition) is 2. The molecule has 0 N–H and O–H groups in total. The van der Waals surface area contributed by atoms with Gasteiger partial charge < -0.3 is 4.74 Å². The minimum atomic E-state index is 0.131. The van der Waals surface area contributed by atoms with Gasteiger partial charge in [0.1, 0.15) is 11.5 Å². The second-order valence-electron chi connectivity index (χ2n) is 5.03. The van der Waals surface area contributed by atoms with Gasteiger partial charge in [-0.15, -0.1) is 0 Å². The number of aryl methyl sites for hydroxylation is 1. The van der Waals surface area contributed by atoms with Gasteiger partial charge in [0.05, 0.1) is 7.11 Å². The highest BCUT2D eigenvalue weighted by atomic mass is 16.5. The minimum absolute atomic E-state index is 0.131. The van der Waals surface area contributed by atoms with Crippen molar-refractivity contribution in [2.75, 3.05) is 7.11 Å². The van der Waals surface area contributed by atoms with Crippen LogP contribution in [-0.2, 0) is 4.79 Å². The number of hydrogen-bond donors (Lipinski definition) is 0. The maximum atomic E-state index is 11.7. The Bertz CT molecular complexity index is 448. The first kappa shape index (κ1) is 12.2. The Morgan fingerprint density at radius 3 is 2.53 bits per heavy atom. The second kappa shape index (κ2) is 4.52. The summed E-state index contributed by atoms with van der Waals surface area (Å²) in [6, 6.07) is 4.25. The van der Waals surface area contributed by atoms with Crippen molar-refractivity contribution in [2.24, 2.45) is 5.92 Å². The maximum Gasteiger partial charge on any atom is 0.136 e. The van der Waals surface area contributed by atoms with E-state index in [2.05, 4.69) is 26.0 Å². The molecule has 0 bridgehead atoms. The van der Waals surface area contributed by atoms with Gasteiger partial charge in [-0.2, -0.15) is 0 Å². The van der Waals surface area contributed by atoms with Gasteiger partial charge in [0.15, 0.2) is 0 Å². The van der Waals surface area contributed by atoms with E-state index in [-0.39, 0.29) is 5.92 Å². The lowest BCUT2D eigenvalue weighted by molar-refractivity contribution is -0.120. The van der Waals surface area contributed by atoms with E-state index in [1.165, 1.54) is 16.7 Å². The van der Waals surface area contributed by atoms with Crippen LogP contribution in [0, 0.1) is 19.8 Å². The Morgan fingerprint density at radius 1 is 1.29 bits per heavy atom. The topological polar surface area (TPSA) is 26.3 Å². The quantitative estimate of drug-likeness (QED) is 0.781. The van der Waals surface area contributed by atoms with Crippen molar-refractivity contribution >= 4 is 5.78 Å². The van der Waals surface area contributed by atoms with Crippen LogP contribution >= 0.6 is 0 Å². The molecule has 0 saturated heterocycles. The van der Waals surface area contributed by atoms with Crippen LogP contribution in [0.2, 0.25) is 0 Å². The van der Waals surface area contributed by atoms with Crippen molar-refractivity contribution in [1.29, 1.82) is 0 Å². The van der Waals surface area contributed by atoms with Crippen LogP contribution in [0.3, 0.4) is 0 Å². The van der Waals surface area contributed by atoms with E-state index in [1.54, 1.807) is 7.11 Å². The van der Waals surface area contributed by atoms with E-state index in [1.807, 2.05) is 6.92 Å². The Labute approximate surface area is 103 Å². The summed E-state index contributed by atoms with van der Waals surface area (Å²) >= 11 is 0. The zero-order chi connectivity index (χ0) is 12.6. The van der Waals surface area contributed by atoms with Crippen molar-refractivity contribution in [3.05, 3.63) is 28.8 Å². The lowest BCUT2D eigenvalue weighted by Crippen LogP contribution is -2.10. The standard InChI is InChI=1S/C15H20O2/c1-9-5-6-13(15(17-4)10(9)2)12-7-8-14(16)11(12)3/h5-6,11-12H,7-8H2,1-4H3. The number of Topliss-reactive ketones (excluding diaryl/α,β-unsaturated/α-hetero) is 1. The van der Waals surface area contributed by atoms with Crippen molar-refractivity contribution in [3.63, 3.8) is 0 Å². The predicted octanol–water partition coefficient (Wildman–Crippen LogP) is 3.39. The third kappa shape index (κ3) is 1.97. The first-order valence-electron chi connectivity index (χ1n) is 6.23. The van der Waals surface area contributed by atoms with Crippen molar-refractivity contribution in [1.82, 2.24) is 0 Å². The average Bonchev–Trinajstić information content (AvgIpc) is 2.64. The molecule has 1 aromatic rings. The summed E-state index contributed by atoms with van der Waals surface area (Å²) in [5, 5.41) is 0. The van der Waals surface area contributed by atoms with Gasteiger partial charge >= 0.3 is 0 Å². The molecule has 2 heteroatoms. The predicted molar refractivity (Wildman–Crippen MR) is 68.6 cm³/mol. The fourth-order valence-corrected chi connectivity index (χ4v) is 2.80. The molecule has 1 aromatic carbocycles. The van der Waals surface area contributed by atoms with Gasteiger partial charge in [-0.25, -0.2) is 0 Å². The Kier molecular flexibility index (Phi) is 3.23. The summed E-state index contributed by atoms with van der Waals surface area (Å²) in [5.41, 5.74) is 3.63. The largest absolute Gasteiger partial charge is 0.496 e. The molecule has 1 aliphatic rings. The van der Waals surface area contributed by atoms with E-state index >= 15 is 0 Å². The fraction of sp³-hybridized carbons (Fsp3) is 0.533. The Hall–Kier alpha value is -1.31. The number of rotatable bonds is 2. The zero-order valence-corrected chi connectivity index (χ0v) is 11.0. The molecule has 17 heavy (non-hydrogen) atoms. The van der Waals surface area contributed by atoms with Gasteiger partial charge in [-0.05, 0) is 42.9 Å². The molecular formula is C15H20O2. The molecule has 0 aromatic heterocycles. The van der Waals surface area contributed by atoms with Crippen molar-refractivity contribution in [2.45, 2.75) is 39.5 Å². The molecule has 1 aliphatic carbocycles. The third-order valence-corrected chi connectivity index (χ3v) is 4.12. The smallest absolute Gasteiger partial charge is 0.136 e. The van der Waals surface area contributed by atoms with E-state index < -0.39 is 0 Å². The molecule has 1 saturated carbocycles. The van der Waals surface area contributed by atoms with E-state index in [9.17, 15) is 4.79 Å². The Morgan fingerprint density at radius 2 is 2.00 bits per heavy atom. The highest BCUT2D eigenvalue weighted by molar-refractivity contribution is 5.84. The van der Waals surface area contributed by atoms with Gasteiger partial charge in [0.2, 0.25) is 0 Å². The van der Waals surface area contributed by atoms with Crippen LogP contribution < -0.4 is 4.74 Å². The molecular weight excluding hydrogens is 212 g/mol. The lowest BCUT2D eigenvalue weighted by atomic mass is 9.87. The molecule has 2 atom stereocenters. The molecule has 2 rings (SSSR count). The molecule has 0 spiro atoms. The Balaban J connectivity index is 2.46. The molecule has 0 radical (unpaired) electrons. The molecule has 1 fully saturated rings. The van der Waals surface area contributed by atoms with Crippen LogP contribution in [0.4, 0.5) is 0 Å². The van der Waals surface area contributed by atoms with Crippen LogP contribution in [0.5, 0.6) is 5.75 Å². The molecule has 2 nitrogen and oxygen atoms in total. The monoisotopic (exact) mass is 232 g/mol. The SMILES string of the molecule is COc1c(C2CCC(=O)C2C)ccc(C)c1C. The van der Waals surface area contributed by atoms with E-state index in [0.29, 0.717) is 18.1 Å². The first-order chi connectivity index (χ1) is 8.06. The summed E-state index contributed by atoms with van der Waals surface area (Å²) < 4.78 is 5.54. The molecule has 0 aliphatic heterocycles. The zero-order valence-electron chi connectivity index (χ0n) is 11.0. The molecule has 2 unspecified atom stereocenters. The highest BCUT2D eigenvalue weighted by Gasteiger charge is 2.34. The number of ether oxygens (including phenoxy) is 1. The molecule has 92 valence electrons. The van der Waals surface area contributed by atoms with Crippen LogP contribution in [0.25, 0.3) is 0 Å². The van der Waals surface area contributed by atoms with Gasteiger partial charge in [-0.1, -0.05) is 19.1 Å². The lowest BCUT2D eigenvalue weighted by Gasteiger charge is -2.20. The average molecular weight is 232 g/mol. The number of carbonyl (C=O) groups is 1. The second-order valence-corrected chi connectivity index (χ2v) is 5.03. The highest BCUT2D eigenvalue weighted by Crippen LogP contribution is 2.42. The van der Waals surface area contributed by atoms with Gasteiger partial charge in [0.25, 0.3) is 0 Å². The number of benzene rings is 1. The van der Waals surface area contributed by atoms with E-state index in [4.69, 9.17) is 4.74 Å². The van der Waals surface area contributed by atoms with Gasteiger partial charge in [0, 0.05) is 12.3 Å². The molecule has 0 amide bonds. The fourth-order valence-electron chi connectivity index (χ4n) is 2.80.